The van der Waals surface area contributed by atoms with Crippen LogP contribution in [0.5, 0.6) is 0 Å². The van der Waals surface area contributed by atoms with Crippen LogP contribution in [0.4, 0.5) is 0 Å². The number of hydrogen-bond acceptors (Lipinski definition) is 2. The summed E-state index contributed by atoms with van der Waals surface area (Å²) in [5.74, 6) is 0. The van der Waals surface area contributed by atoms with Gasteiger partial charge in [0.05, 0.1) is 0 Å². The van der Waals surface area contributed by atoms with Crippen LogP contribution in [-0.4, -0.2) is 20.3 Å². The van der Waals surface area contributed by atoms with E-state index in [4.69, 9.17) is 9.31 Å². The summed E-state index contributed by atoms with van der Waals surface area (Å²) in [6.45, 7) is 1.59. The molecule has 1 aliphatic rings. The molecule has 1 saturated heterocycles. The minimum atomic E-state index is -0.159. The van der Waals surface area contributed by atoms with E-state index >= 15 is 0 Å². The third-order valence-electron chi connectivity index (χ3n) is 2.23. The third-order valence-corrected chi connectivity index (χ3v) is 2.88. The fraction of sp³-hybridized carbons (Fsp3) is 0.400. The predicted molar refractivity (Wildman–Crippen MR) is 61.0 cm³/mol. The number of halogens is 1. The van der Waals surface area contributed by atoms with Crippen LogP contribution in [0.25, 0.3) is 0 Å². The Balaban J connectivity index is 2.07. The minimum absolute atomic E-state index is 0.159. The van der Waals surface area contributed by atoms with Crippen molar-refractivity contribution < 1.29 is 9.31 Å². The summed E-state index contributed by atoms with van der Waals surface area (Å²) in [6, 6.07) is 8.30. The molecule has 0 spiro atoms. The second-order valence-corrected chi connectivity index (χ2v) is 3.86. The molecule has 2 rings (SSSR count). The number of rotatable bonds is 2. The Morgan fingerprint density at radius 3 is 2.36 bits per heavy atom. The normalized spacial score (nSPS) is 17.1. The van der Waals surface area contributed by atoms with Gasteiger partial charge < -0.3 is 9.31 Å². The second kappa shape index (κ2) is 4.96. The van der Waals surface area contributed by atoms with Gasteiger partial charge in [0.1, 0.15) is 0 Å². The van der Waals surface area contributed by atoms with Crippen LogP contribution in [-0.2, 0) is 14.6 Å². The van der Waals surface area contributed by atoms with Gasteiger partial charge in [-0.25, -0.2) is 0 Å². The van der Waals surface area contributed by atoms with Gasteiger partial charge in [-0.05, 0) is 17.4 Å². The Bertz CT molecular complexity index is 283. The van der Waals surface area contributed by atoms with Crippen LogP contribution < -0.4 is 5.46 Å². The standard InChI is InChI=1S/C10H12BBrO2/c12-8-9-2-4-10(5-3-9)11-13-6-1-7-14-11/h2-5H,1,6-8H2. The molecule has 4 heteroatoms. The Morgan fingerprint density at radius 2 is 1.79 bits per heavy atom. The second-order valence-electron chi connectivity index (χ2n) is 3.30. The topological polar surface area (TPSA) is 18.5 Å². The van der Waals surface area contributed by atoms with Gasteiger partial charge in [-0.2, -0.15) is 0 Å². The molecule has 1 fully saturated rings. The van der Waals surface area contributed by atoms with E-state index in [-0.39, 0.29) is 7.12 Å². The molecule has 1 heterocycles. The highest BCUT2D eigenvalue weighted by atomic mass is 79.9. The maximum atomic E-state index is 5.50. The highest BCUT2D eigenvalue weighted by molar-refractivity contribution is 9.08. The first kappa shape index (κ1) is 10.2. The van der Waals surface area contributed by atoms with Gasteiger partial charge in [-0.1, -0.05) is 40.2 Å². The lowest BCUT2D eigenvalue weighted by atomic mass is 9.78. The molecule has 0 aromatic heterocycles. The molecule has 0 aliphatic carbocycles. The maximum absolute atomic E-state index is 5.50. The fourth-order valence-corrected chi connectivity index (χ4v) is 1.82. The molecule has 0 amide bonds. The number of hydrogen-bond donors (Lipinski definition) is 0. The van der Waals surface area contributed by atoms with Crippen molar-refractivity contribution in [2.45, 2.75) is 11.8 Å². The van der Waals surface area contributed by atoms with E-state index in [1.807, 2.05) is 0 Å². The fourth-order valence-electron chi connectivity index (χ4n) is 1.44. The smallest absolute Gasteiger partial charge is 0.407 e. The molecule has 0 saturated carbocycles. The van der Waals surface area contributed by atoms with Crippen LogP contribution in [0.3, 0.4) is 0 Å². The summed E-state index contributed by atoms with van der Waals surface area (Å²) in [7, 11) is -0.159. The zero-order chi connectivity index (χ0) is 9.80. The van der Waals surface area contributed by atoms with Crippen molar-refractivity contribution in [1.82, 2.24) is 0 Å². The molecule has 1 aromatic rings. The molecule has 14 heavy (non-hydrogen) atoms. The minimum Gasteiger partial charge on any atom is -0.407 e. The van der Waals surface area contributed by atoms with Gasteiger partial charge in [0.25, 0.3) is 0 Å². The van der Waals surface area contributed by atoms with E-state index in [1.54, 1.807) is 0 Å². The molecule has 0 bridgehead atoms. The monoisotopic (exact) mass is 254 g/mol. The van der Waals surface area contributed by atoms with Gasteiger partial charge in [-0.15, -0.1) is 0 Å². The Kier molecular flexibility index (Phi) is 3.62. The van der Waals surface area contributed by atoms with Crippen LogP contribution >= 0.6 is 15.9 Å². The summed E-state index contributed by atoms with van der Waals surface area (Å²) in [6.07, 6.45) is 0.996. The first-order valence-corrected chi connectivity index (χ1v) is 5.90. The molecular weight excluding hydrogens is 243 g/mol. The number of benzene rings is 1. The van der Waals surface area contributed by atoms with Crippen molar-refractivity contribution in [3.8, 4) is 0 Å². The third kappa shape index (κ3) is 2.38. The van der Waals surface area contributed by atoms with E-state index in [1.165, 1.54) is 5.56 Å². The zero-order valence-corrected chi connectivity index (χ0v) is 9.50. The quantitative estimate of drug-likeness (QED) is 0.591. The lowest BCUT2D eigenvalue weighted by Gasteiger charge is -2.19. The Hall–Kier alpha value is -0.315. The lowest BCUT2D eigenvalue weighted by Crippen LogP contribution is -2.40. The van der Waals surface area contributed by atoms with Crippen molar-refractivity contribution in [1.29, 1.82) is 0 Å². The maximum Gasteiger partial charge on any atom is 0.493 e. The first-order valence-electron chi connectivity index (χ1n) is 4.78. The summed E-state index contributed by atoms with van der Waals surface area (Å²) in [4.78, 5) is 0. The highest BCUT2D eigenvalue weighted by Crippen LogP contribution is 2.06. The van der Waals surface area contributed by atoms with E-state index in [2.05, 4.69) is 40.2 Å². The van der Waals surface area contributed by atoms with Gasteiger partial charge in [0.2, 0.25) is 0 Å². The van der Waals surface area contributed by atoms with Crippen molar-refractivity contribution >= 4 is 28.5 Å². The predicted octanol–water partition coefficient (Wildman–Crippen LogP) is 1.71. The number of alkyl halides is 1. The molecule has 2 nitrogen and oxygen atoms in total. The molecule has 0 unspecified atom stereocenters. The van der Waals surface area contributed by atoms with Crippen molar-refractivity contribution in [2.24, 2.45) is 0 Å². The van der Waals surface area contributed by atoms with Crippen molar-refractivity contribution in [3.05, 3.63) is 29.8 Å². The first-order chi connectivity index (χ1) is 6.90. The molecule has 1 aromatic carbocycles. The van der Waals surface area contributed by atoms with Crippen molar-refractivity contribution in [3.63, 3.8) is 0 Å². The molecule has 1 aliphatic heterocycles. The van der Waals surface area contributed by atoms with Gasteiger partial charge in [0, 0.05) is 18.5 Å². The molecule has 74 valence electrons. The van der Waals surface area contributed by atoms with Crippen LogP contribution in [0.15, 0.2) is 24.3 Å². The molecule has 0 radical (unpaired) electrons. The largest absolute Gasteiger partial charge is 0.493 e. The van der Waals surface area contributed by atoms with Gasteiger partial charge in [-0.3, -0.25) is 0 Å². The average Bonchev–Trinajstić information content (AvgIpc) is 2.30. The highest BCUT2D eigenvalue weighted by Gasteiger charge is 2.23. The van der Waals surface area contributed by atoms with E-state index in [0.717, 1.165) is 30.4 Å². The van der Waals surface area contributed by atoms with Crippen LogP contribution in [0.2, 0.25) is 0 Å². The molecular formula is C10H12BBrO2. The Morgan fingerprint density at radius 1 is 1.14 bits per heavy atom. The van der Waals surface area contributed by atoms with Crippen LogP contribution in [0.1, 0.15) is 12.0 Å². The summed E-state index contributed by atoms with van der Waals surface area (Å²) in [5, 5.41) is 0.889. The summed E-state index contributed by atoms with van der Waals surface area (Å²) < 4.78 is 11.0. The zero-order valence-electron chi connectivity index (χ0n) is 7.91. The summed E-state index contributed by atoms with van der Waals surface area (Å²) in [5.41, 5.74) is 2.37. The SMILES string of the molecule is BrCc1ccc(B2OCCCO2)cc1. The van der Waals surface area contributed by atoms with Gasteiger partial charge >= 0.3 is 7.12 Å². The lowest BCUT2D eigenvalue weighted by molar-refractivity contribution is 0.143. The van der Waals surface area contributed by atoms with E-state index in [9.17, 15) is 0 Å². The van der Waals surface area contributed by atoms with E-state index < -0.39 is 0 Å². The van der Waals surface area contributed by atoms with E-state index in [0.29, 0.717) is 0 Å². The molecule has 0 atom stereocenters. The average molecular weight is 255 g/mol. The molecule has 0 N–H and O–H groups in total. The van der Waals surface area contributed by atoms with Gasteiger partial charge in [0.15, 0.2) is 0 Å². The van der Waals surface area contributed by atoms with Crippen LogP contribution in [0, 0.1) is 0 Å². The Labute approximate surface area is 92.9 Å². The van der Waals surface area contributed by atoms with Crippen molar-refractivity contribution in [2.75, 3.05) is 13.2 Å². The summed E-state index contributed by atoms with van der Waals surface area (Å²) >= 11 is 3.42.